The van der Waals surface area contributed by atoms with Crippen LogP contribution in [0.4, 0.5) is 17.1 Å². The molecule has 0 saturated heterocycles. The van der Waals surface area contributed by atoms with E-state index < -0.39 is 0 Å². The average Bonchev–Trinajstić information content (AvgIpc) is 3.38. The first-order valence-corrected chi connectivity index (χ1v) is 16.8. The Labute approximate surface area is 282 Å². The van der Waals surface area contributed by atoms with E-state index in [0.717, 1.165) is 17.1 Å². The third-order valence-electron chi connectivity index (χ3n) is 10.2. The molecule has 0 atom stereocenters. The van der Waals surface area contributed by atoms with Gasteiger partial charge in [-0.2, -0.15) is 0 Å². The highest BCUT2D eigenvalue weighted by molar-refractivity contribution is 6.03. The smallest absolute Gasteiger partial charge is 0.0468 e. The molecular formula is C47H35N. The van der Waals surface area contributed by atoms with Gasteiger partial charge in [-0.15, -0.1) is 0 Å². The fourth-order valence-electron chi connectivity index (χ4n) is 7.69. The molecule has 1 heteroatoms. The van der Waals surface area contributed by atoms with Crippen molar-refractivity contribution in [2.24, 2.45) is 0 Å². The second-order valence-electron chi connectivity index (χ2n) is 13.4. The molecule has 8 aromatic rings. The lowest BCUT2D eigenvalue weighted by Gasteiger charge is -2.26. The van der Waals surface area contributed by atoms with Gasteiger partial charge in [-0.3, -0.25) is 0 Å². The van der Waals surface area contributed by atoms with Crippen LogP contribution in [-0.2, 0) is 5.41 Å². The predicted octanol–water partition coefficient (Wildman–Crippen LogP) is 13.1. The van der Waals surface area contributed by atoms with E-state index >= 15 is 0 Å². The highest BCUT2D eigenvalue weighted by Gasteiger charge is 2.36. The summed E-state index contributed by atoms with van der Waals surface area (Å²) in [4.78, 5) is 2.36. The normalized spacial score (nSPS) is 13.0. The molecule has 0 amide bonds. The third kappa shape index (κ3) is 4.62. The molecule has 9 rings (SSSR count). The zero-order valence-electron chi connectivity index (χ0n) is 27.2. The minimum atomic E-state index is -0.0660. The SMILES string of the molecule is CC1(C)c2cc(-c3ccc(N(c4ccc(-c5ccccc5)cc4)c4ccc5ccccc5c4)cc3)ccc2-c2c1ccc1ccccc21. The van der Waals surface area contributed by atoms with Gasteiger partial charge < -0.3 is 4.90 Å². The van der Waals surface area contributed by atoms with E-state index in [1.54, 1.807) is 0 Å². The molecule has 0 radical (unpaired) electrons. The van der Waals surface area contributed by atoms with Crippen LogP contribution in [0.3, 0.4) is 0 Å². The lowest BCUT2D eigenvalue weighted by Crippen LogP contribution is -2.15. The van der Waals surface area contributed by atoms with E-state index in [9.17, 15) is 0 Å². The third-order valence-corrected chi connectivity index (χ3v) is 10.2. The van der Waals surface area contributed by atoms with Crippen LogP contribution in [0, 0.1) is 0 Å². The molecule has 8 aromatic carbocycles. The second-order valence-corrected chi connectivity index (χ2v) is 13.4. The molecule has 0 aliphatic heterocycles. The Morgan fingerprint density at radius 2 is 0.917 bits per heavy atom. The number of anilines is 3. The van der Waals surface area contributed by atoms with Crippen LogP contribution in [0.1, 0.15) is 25.0 Å². The molecule has 0 N–H and O–H groups in total. The molecule has 0 unspecified atom stereocenters. The van der Waals surface area contributed by atoms with Gasteiger partial charge >= 0.3 is 0 Å². The first kappa shape index (κ1) is 28.3. The molecule has 0 aromatic heterocycles. The van der Waals surface area contributed by atoms with Crippen molar-refractivity contribution in [1.29, 1.82) is 0 Å². The van der Waals surface area contributed by atoms with Crippen LogP contribution >= 0.6 is 0 Å². The lowest BCUT2D eigenvalue weighted by atomic mass is 9.81. The van der Waals surface area contributed by atoms with Gasteiger partial charge in [0.1, 0.15) is 0 Å². The van der Waals surface area contributed by atoms with Gasteiger partial charge in [0.2, 0.25) is 0 Å². The summed E-state index contributed by atoms with van der Waals surface area (Å²) >= 11 is 0. The van der Waals surface area contributed by atoms with Crippen LogP contribution in [-0.4, -0.2) is 0 Å². The Hall–Kier alpha value is -5.92. The Morgan fingerprint density at radius 1 is 0.375 bits per heavy atom. The fraction of sp³-hybridized carbons (Fsp3) is 0.0638. The minimum Gasteiger partial charge on any atom is -0.310 e. The topological polar surface area (TPSA) is 3.24 Å². The fourth-order valence-corrected chi connectivity index (χ4v) is 7.69. The maximum absolute atomic E-state index is 2.42. The highest BCUT2D eigenvalue weighted by atomic mass is 15.1. The highest BCUT2D eigenvalue weighted by Crippen LogP contribution is 2.52. The quantitative estimate of drug-likeness (QED) is 0.187. The Balaban J connectivity index is 1.11. The van der Waals surface area contributed by atoms with E-state index in [4.69, 9.17) is 0 Å². The van der Waals surface area contributed by atoms with Crippen molar-refractivity contribution in [3.63, 3.8) is 0 Å². The number of hydrogen-bond donors (Lipinski definition) is 0. The van der Waals surface area contributed by atoms with Gasteiger partial charge in [0.25, 0.3) is 0 Å². The first-order valence-electron chi connectivity index (χ1n) is 16.8. The molecular weight excluding hydrogens is 579 g/mol. The van der Waals surface area contributed by atoms with Crippen molar-refractivity contribution < 1.29 is 0 Å². The monoisotopic (exact) mass is 613 g/mol. The Kier molecular flexibility index (Phi) is 6.55. The maximum atomic E-state index is 2.42. The molecule has 0 fully saturated rings. The van der Waals surface area contributed by atoms with E-state index in [2.05, 4.69) is 195 Å². The predicted molar refractivity (Wildman–Crippen MR) is 205 cm³/mol. The van der Waals surface area contributed by atoms with Crippen molar-refractivity contribution in [2.75, 3.05) is 4.90 Å². The summed E-state index contributed by atoms with van der Waals surface area (Å²) in [5.41, 5.74) is 13.8. The van der Waals surface area contributed by atoms with Crippen LogP contribution in [0.5, 0.6) is 0 Å². The van der Waals surface area contributed by atoms with Gasteiger partial charge in [0.15, 0.2) is 0 Å². The molecule has 48 heavy (non-hydrogen) atoms. The van der Waals surface area contributed by atoms with Crippen LogP contribution in [0.15, 0.2) is 176 Å². The van der Waals surface area contributed by atoms with E-state index in [0.29, 0.717) is 0 Å². The number of benzene rings is 8. The average molecular weight is 614 g/mol. The molecule has 0 spiro atoms. The molecule has 0 heterocycles. The van der Waals surface area contributed by atoms with Gasteiger partial charge in [-0.05, 0) is 109 Å². The van der Waals surface area contributed by atoms with Crippen molar-refractivity contribution in [3.05, 3.63) is 187 Å². The maximum Gasteiger partial charge on any atom is 0.0468 e. The van der Waals surface area contributed by atoms with Crippen molar-refractivity contribution >= 4 is 38.6 Å². The van der Waals surface area contributed by atoms with Crippen molar-refractivity contribution in [1.82, 2.24) is 0 Å². The van der Waals surface area contributed by atoms with E-state index in [-0.39, 0.29) is 5.41 Å². The molecule has 1 aliphatic carbocycles. The van der Waals surface area contributed by atoms with Gasteiger partial charge in [0.05, 0.1) is 0 Å². The van der Waals surface area contributed by atoms with E-state index in [1.807, 2.05) is 0 Å². The van der Waals surface area contributed by atoms with Crippen molar-refractivity contribution in [3.8, 4) is 33.4 Å². The van der Waals surface area contributed by atoms with Gasteiger partial charge in [-0.25, -0.2) is 0 Å². The summed E-state index contributed by atoms with van der Waals surface area (Å²) in [6, 6.07) is 64.3. The largest absolute Gasteiger partial charge is 0.310 e. The standard InChI is InChI=1S/C47H35N/c1-47(2)44-29-22-36-13-8-9-15-42(36)46(44)43-28-21-38(31-45(43)47)35-18-25-40(26-19-35)48(41-27-20-33-12-6-7-14-37(33)30-41)39-23-16-34(17-24-39)32-10-4-3-5-11-32/h3-31H,1-2H3. The summed E-state index contributed by atoms with van der Waals surface area (Å²) in [6.45, 7) is 4.73. The lowest BCUT2D eigenvalue weighted by molar-refractivity contribution is 0.661. The number of rotatable bonds is 5. The molecule has 0 saturated carbocycles. The summed E-state index contributed by atoms with van der Waals surface area (Å²) in [7, 11) is 0. The van der Waals surface area contributed by atoms with Crippen LogP contribution in [0.2, 0.25) is 0 Å². The Morgan fingerprint density at radius 3 is 1.65 bits per heavy atom. The van der Waals surface area contributed by atoms with Crippen molar-refractivity contribution in [2.45, 2.75) is 19.3 Å². The van der Waals surface area contributed by atoms with Crippen LogP contribution < -0.4 is 4.90 Å². The number of hydrogen-bond acceptors (Lipinski definition) is 1. The zero-order valence-corrected chi connectivity index (χ0v) is 27.2. The van der Waals surface area contributed by atoms with Gasteiger partial charge in [0, 0.05) is 22.5 Å². The van der Waals surface area contributed by atoms with Crippen LogP contribution in [0.25, 0.3) is 54.9 Å². The number of nitrogens with zero attached hydrogens (tertiary/aromatic N) is 1. The molecule has 1 aliphatic rings. The van der Waals surface area contributed by atoms with Gasteiger partial charge in [-0.1, -0.05) is 147 Å². The summed E-state index contributed by atoms with van der Waals surface area (Å²) in [5.74, 6) is 0. The summed E-state index contributed by atoms with van der Waals surface area (Å²) in [6.07, 6.45) is 0. The minimum absolute atomic E-state index is 0.0660. The summed E-state index contributed by atoms with van der Waals surface area (Å²) < 4.78 is 0. The second kappa shape index (κ2) is 11.1. The first-order chi connectivity index (χ1) is 23.5. The summed E-state index contributed by atoms with van der Waals surface area (Å²) in [5, 5.41) is 5.10. The van der Waals surface area contributed by atoms with E-state index in [1.165, 1.54) is 66.1 Å². The Bertz CT molecular complexity index is 2450. The molecule has 228 valence electrons. The molecule has 1 nitrogen and oxygen atoms in total. The molecule has 0 bridgehead atoms. The number of fused-ring (bicyclic) bond motifs is 6. The zero-order chi connectivity index (χ0) is 32.2.